The maximum atomic E-state index is 12.7. The fourth-order valence-corrected chi connectivity index (χ4v) is 5.54. The number of nitrogens with zero attached hydrogens (tertiary/aromatic N) is 1. The summed E-state index contributed by atoms with van der Waals surface area (Å²) in [6, 6.07) is 0. The average molecular weight is 411 g/mol. The summed E-state index contributed by atoms with van der Waals surface area (Å²) in [4.78, 5) is 13.8. The van der Waals surface area contributed by atoms with E-state index in [1.54, 1.807) is 39.5 Å². The fourth-order valence-electron chi connectivity index (χ4n) is 2.55. The Kier molecular flexibility index (Phi) is 8.96. The molecule has 152 valence electrons. The number of allylic oxidation sites excluding steroid dienone is 1. The number of ether oxygens (including phenoxy) is 1. The number of hydrogen-bond donors (Lipinski definition) is 1. The maximum absolute atomic E-state index is 12.7. The lowest BCUT2D eigenvalue weighted by molar-refractivity contribution is 0.0236. The molecule has 1 saturated heterocycles. The first-order valence-electron chi connectivity index (χ1n) is 8.69. The van der Waals surface area contributed by atoms with Crippen molar-refractivity contribution in [3.63, 3.8) is 0 Å². The van der Waals surface area contributed by atoms with E-state index >= 15 is 0 Å². The molecule has 0 radical (unpaired) electrons. The molecule has 1 N–H and O–H groups in total. The second-order valence-electron chi connectivity index (χ2n) is 6.85. The first-order valence-corrected chi connectivity index (χ1v) is 11.5. The Morgan fingerprint density at radius 3 is 2.08 bits per heavy atom. The summed E-state index contributed by atoms with van der Waals surface area (Å²) in [5.41, 5.74) is 0.136. The minimum absolute atomic E-state index is 0.166. The molecule has 0 aliphatic carbocycles. The van der Waals surface area contributed by atoms with Gasteiger partial charge in [0.2, 0.25) is 0 Å². The Bertz CT molecular complexity index is 580. The molecule has 26 heavy (non-hydrogen) atoms. The number of carbonyl (C=O) groups excluding carboxylic acids is 1. The van der Waals surface area contributed by atoms with Gasteiger partial charge in [-0.3, -0.25) is 4.57 Å². The van der Waals surface area contributed by atoms with Gasteiger partial charge in [-0.2, -0.15) is 0 Å². The zero-order chi connectivity index (χ0) is 20.0. The lowest BCUT2D eigenvalue weighted by Crippen LogP contribution is -2.40. The van der Waals surface area contributed by atoms with Crippen molar-refractivity contribution in [2.75, 3.05) is 32.5 Å². The number of likely N-dealkylation sites (tertiary alicyclic amines) is 1. The van der Waals surface area contributed by atoms with Gasteiger partial charge in [0.05, 0.1) is 24.3 Å². The smallest absolute Gasteiger partial charge is 0.410 e. The topological polar surface area (TPSA) is 102 Å². The van der Waals surface area contributed by atoms with E-state index < -0.39 is 30.4 Å². The van der Waals surface area contributed by atoms with Crippen LogP contribution >= 0.6 is 7.60 Å². The highest BCUT2D eigenvalue weighted by molar-refractivity contribution is 7.84. The fraction of sp³-hybridized carbons (Fsp3) is 0.812. The number of carbonyl (C=O) groups is 1. The molecule has 10 heteroatoms. The molecule has 0 saturated carbocycles. The highest BCUT2D eigenvalue weighted by Crippen LogP contribution is 2.50. The first kappa shape index (κ1) is 23.3. The van der Waals surface area contributed by atoms with E-state index in [2.05, 4.69) is 0 Å². The number of amides is 1. The molecule has 1 aliphatic rings. The third-order valence-electron chi connectivity index (χ3n) is 3.61. The summed E-state index contributed by atoms with van der Waals surface area (Å²) >= 11 is -2.28. The summed E-state index contributed by atoms with van der Waals surface area (Å²) < 4.78 is 50.0. The Morgan fingerprint density at radius 2 is 1.69 bits per heavy atom. The Balaban J connectivity index is 2.88. The molecule has 1 heterocycles. The Hall–Kier alpha value is -0.730. The average Bonchev–Trinajstić information content (AvgIpc) is 2.51. The summed E-state index contributed by atoms with van der Waals surface area (Å²) in [6.45, 7) is 9.89. The van der Waals surface area contributed by atoms with Crippen molar-refractivity contribution in [3.8, 4) is 0 Å². The minimum Gasteiger partial charge on any atom is -0.444 e. The number of piperidine rings is 1. The van der Waals surface area contributed by atoms with Crippen LogP contribution in [0.25, 0.3) is 0 Å². The maximum Gasteiger partial charge on any atom is 0.410 e. The first-order chi connectivity index (χ1) is 12.0. The molecule has 0 aromatic carbocycles. The van der Waals surface area contributed by atoms with Gasteiger partial charge in [-0.15, -0.1) is 0 Å². The molecule has 1 rings (SSSR count). The monoisotopic (exact) mass is 411 g/mol. The Morgan fingerprint density at radius 1 is 1.19 bits per heavy atom. The third-order valence-corrected chi connectivity index (χ3v) is 6.69. The second kappa shape index (κ2) is 9.99. The predicted octanol–water partition coefficient (Wildman–Crippen LogP) is 3.76. The van der Waals surface area contributed by atoms with Crippen LogP contribution in [0.15, 0.2) is 10.5 Å². The van der Waals surface area contributed by atoms with Crippen LogP contribution in [-0.4, -0.2) is 57.8 Å². The molecule has 0 aromatic heterocycles. The zero-order valence-corrected chi connectivity index (χ0v) is 17.9. The van der Waals surface area contributed by atoms with Gasteiger partial charge in [-0.25, -0.2) is 9.00 Å². The van der Waals surface area contributed by atoms with Crippen LogP contribution in [0.1, 0.15) is 47.5 Å². The van der Waals surface area contributed by atoms with Crippen LogP contribution in [0.5, 0.6) is 0 Å². The normalized spacial score (nSPS) is 17.2. The molecule has 1 aliphatic heterocycles. The zero-order valence-electron chi connectivity index (χ0n) is 16.1. The van der Waals surface area contributed by atoms with Crippen molar-refractivity contribution in [3.05, 3.63) is 10.5 Å². The van der Waals surface area contributed by atoms with E-state index in [-0.39, 0.29) is 24.3 Å². The van der Waals surface area contributed by atoms with Gasteiger partial charge < -0.3 is 23.2 Å². The molecular formula is C16H30NO7PS. The number of rotatable bonds is 7. The van der Waals surface area contributed by atoms with E-state index in [4.69, 9.17) is 13.8 Å². The van der Waals surface area contributed by atoms with Crippen LogP contribution in [0.3, 0.4) is 0 Å². The van der Waals surface area contributed by atoms with Crippen LogP contribution < -0.4 is 0 Å². The third kappa shape index (κ3) is 7.48. The van der Waals surface area contributed by atoms with Gasteiger partial charge in [0.15, 0.2) is 11.1 Å². The van der Waals surface area contributed by atoms with E-state index in [0.29, 0.717) is 31.5 Å². The molecule has 1 fully saturated rings. The van der Waals surface area contributed by atoms with Gasteiger partial charge in [-0.05, 0) is 47.5 Å². The van der Waals surface area contributed by atoms with Gasteiger partial charge in [0.25, 0.3) is 0 Å². The van der Waals surface area contributed by atoms with Crippen LogP contribution in [0, 0.1) is 0 Å². The molecule has 8 nitrogen and oxygen atoms in total. The summed E-state index contributed by atoms with van der Waals surface area (Å²) in [6.07, 6.45) is 0.204. The summed E-state index contributed by atoms with van der Waals surface area (Å²) in [7, 11) is -3.47. The lowest BCUT2D eigenvalue weighted by Gasteiger charge is -2.31. The highest BCUT2D eigenvalue weighted by atomic mass is 32.2. The quantitative estimate of drug-likeness (QED) is 0.503. The van der Waals surface area contributed by atoms with Crippen molar-refractivity contribution in [1.82, 2.24) is 4.90 Å². The SMILES string of the molecule is CCOP(=O)(CC(=C1CCN(C(=O)OC(C)(C)C)CC1)S(=O)O)OCC. The van der Waals surface area contributed by atoms with E-state index in [0.717, 1.165) is 0 Å². The van der Waals surface area contributed by atoms with Crippen LogP contribution in [0.2, 0.25) is 0 Å². The molecule has 1 atom stereocenters. The predicted molar refractivity (Wildman–Crippen MR) is 101 cm³/mol. The van der Waals surface area contributed by atoms with E-state index in [1.807, 2.05) is 0 Å². The Labute approximate surface area is 158 Å². The van der Waals surface area contributed by atoms with Crippen molar-refractivity contribution in [1.29, 1.82) is 0 Å². The largest absolute Gasteiger partial charge is 0.444 e. The van der Waals surface area contributed by atoms with E-state index in [9.17, 15) is 18.1 Å². The van der Waals surface area contributed by atoms with Gasteiger partial charge in [-0.1, -0.05) is 5.57 Å². The highest BCUT2D eigenvalue weighted by Gasteiger charge is 2.32. The molecule has 1 amide bonds. The number of hydrogen-bond acceptors (Lipinski definition) is 6. The molecular weight excluding hydrogens is 381 g/mol. The minimum atomic E-state index is -3.47. The van der Waals surface area contributed by atoms with E-state index in [1.165, 1.54) is 0 Å². The van der Waals surface area contributed by atoms with Crippen molar-refractivity contribution in [2.24, 2.45) is 0 Å². The van der Waals surface area contributed by atoms with Crippen LogP contribution in [-0.2, 0) is 29.4 Å². The van der Waals surface area contributed by atoms with Crippen molar-refractivity contribution >= 4 is 24.8 Å². The molecule has 0 bridgehead atoms. The molecule has 1 unspecified atom stereocenters. The lowest BCUT2D eigenvalue weighted by atomic mass is 10.0. The second-order valence-corrected chi connectivity index (χ2v) is 9.89. The molecule has 0 aromatic rings. The summed E-state index contributed by atoms with van der Waals surface area (Å²) in [5, 5.41) is 0. The van der Waals surface area contributed by atoms with Crippen molar-refractivity contribution in [2.45, 2.75) is 53.1 Å². The van der Waals surface area contributed by atoms with Crippen molar-refractivity contribution < 1.29 is 31.9 Å². The molecule has 0 spiro atoms. The summed E-state index contributed by atoms with van der Waals surface area (Å²) in [5.74, 6) is 0. The van der Waals surface area contributed by atoms with Gasteiger partial charge in [0, 0.05) is 13.1 Å². The van der Waals surface area contributed by atoms with Gasteiger partial charge >= 0.3 is 13.7 Å². The van der Waals surface area contributed by atoms with Gasteiger partial charge in [0.1, 0.15) is 5.60 Å². The van der Waals surface area contributed by atoms with Crippen LogP contribution in [0.4, 0.5) is 4.79 Å². The standard InChI is InChI=1S/C16H30NO7PS/c1-6-22-25(19,23-7-2)12-14(26(20)21)13-8-10-17(11-9-13)15(18)24-16(3,4)5/h6-12H2,1-5H3,(H,20,21).